The van der Waals surface area contributed by atoms with Gasteiger partial charge >= 0.3 is 0 Å². The lowest BCUT2D eigenvalue weighted by molar-refractivity contribution is -0.134. The Kier molecular flexibility index (Phi) is 5.56. The summed E-state index contributed by atoms with van der Waals surface area (Å²) in [6.07, 6.45) is 0.778. The molecule has 1 amide bonds. The van der Waals surface area contributed by atoms with E-state index in [2.05, 4.69) is 17.4 Å². The Morgan fingerprint density at radius 2 is 2.10 bits per heavy atom. The molecule has 0 spiro atoms. The number of carbonyl (C=O) groups excluding carboxylic acids is 1. The van der Waals surface area contributed by atoms with Gasteiger partial charge in [-0.2, -0.15) is 0 Å². The normalized spacial score (nSPS) is 17.6. The molecule has 0 unspecified atom stereocenters. The smallest absolute Gasteiger partial charge is 0.240 e. The van der Waals surface area contributed by atoms with Crippen LogP contribution in [-0.2, 0) is 22.5 Å². The van der Waals surface area contributed by atoms with Crippen LogP contribution in [0, 0.1) is 0 Å². The zero-order valence-electron chi connectivity index (χ0n) is 12.4. The van der Waals surface area contributed by atoms with Crippen LogP contribution >= 0.6 is 0 Å². The van der Waals surface area contributed by atoms with Gasteiger partial charge in [0.2, 0.25) is 5.91 Å². The highest BCUT2D eigenvalue weighted by atomic mass is 16.5. The summed E-state index contributed by atoms with van der Waals surface area (Å²) >= 11 is 0. The van der Waals surface area contributed by atoms with E-state index in [9.17, 15) is 4.79 Å². The fourth-order valence-electron chi connectivity index (χ4n) is 2.59. The van der Waals surface area contributed by atoms with Gasteiger partial charge in [0.25, 0.3) is 0 Å². The first-order valence-corrected chi connectivity index (χ1v) is 7.43. The Morgan fingerprint density at radius 1 is 1.35 bits per heavy atom. The van der Waals surface area contributed by atoms with E-state index in [1.165, 1.54) is 11.1 Å². The Hall–Kier alpha value is -1.39. The van der Waals surface area contributed by atoms with Gasteiger partial charge in [-0.25, -0.2) is 0 Å². The fraction of sp³-hybridized carbons (Fsp3) is 0.562. The molecule has 1 aliphatic heterocycles. The number of benzene rings is 1. The van der Waals surface area contributed by atoms with Gasteiger partial charge in [0, 0.05) is 26.2 Å². The molecule has 0 radical (unpaired) electrons. The summed E-state index contributed by atoms with van der Waals surface area (Å²) in [5.41, 5.74) is 2.58. The first-order chi connectivity index (χ1) is 9.76. The van der Waals surface area contributed by atoms with Crippen LogP contribution in [0.3, 0.4) is 0 Å². The molecule has 1 heterocycles. The zero-order valence-corrected chi connectivity index (χ0v) is 12.4. The third-order valence-electron chi connectivity index (χ3n) is 3.78. The lowest BCUT2D eigenvalue weighted by Crippen LogP contribution is -2.50. The van der Waals surface area contributed by atoms with E-state index in [1.807, 2.05) is 30.9 Å². The molecule has 4 heteroatoms. The summed E-state index contributed by atoms with van der Waals surface area (Å²) in [5.74, 6) is 0.182. The van der Waals surface area contributed by atoms with Gasteiger partial charge in [0.05, 0.1) is 12.6 Å². The highest BCUT2D eigenvalue weighted by Crippen LogP contribution is 2.17. The molecule has 1 N–H and O–H groups in total. The molecule has 2 rings (SSSR count). The van der Waals surface area contributed by atoms with Crippen molar-refractivity contribution >= 4 is 5.91 Å². The minimum atomic E-state index is -0.105. The van der Waals surface area contributed by atoms with E-state index in [0.717, 1.165) is 19.5 Å². The average molecular weight is 276 g/mol. The lowest BCUT2D eigenvalue weighted by atomic mass is 9.95. The van der Waals surface area contributed by atoms with Gasteiger partial charge in [-0.15, -0.1) is 0 Å². The van der Waals surface area contributed by atoms with Crippen LogP contribution in [-0.4, -0.2) is 43.2 Å². The number of hydrogen-bond acceptors (Lipinski definition) is 3. The molecule has 0 saturated carbocycles. The number of rotatable bonds is 6. The van der Waals surface area contributed by atoms with E-state index < -0.39 is 0 Å². The van der Waals surface area contributed by atoms with Crippen LogP contribution in [0.25, 0.3) is 0 Å². The number of fused-ring (bicyclic) bond motifs is 1. The van der Waals surface area contributed by atoms with E-state index in [0.29, 0.717) is 19.8 Å². The van der Waals surface area contributed by atoms with Gasteiger partial charge in [-0.3, -0.25) is 4.79 Å². The number of carbonyl (C=O) groups is 1. The van der Waals surface area contributed by atoms with Crippen molar-refractivity contribution in [1.29, 1.82) is 0 Å². The molecular formula is C16H24N2O2. The van der Waals surface area contributed by atoms with Crippen molar-refractivity contribution in [2.45, 2.75) is 32.9 Å². The Labute approximate surface area is 121 Å². The predicted octanol–water partition coefficient (Wildman–Crippen LogP) is 1.59. The number of amides is 1. The van der Waals surface area contributed by atoms with Crippen molar-refractivity contribution < 1.29 is 9.53 Å². The molecule has 110 valence electrons. The number of nitrogens with one attached hydrogen (secondary N) is 1. The molecule has 4 nitrogen and oxygen atoms in total. The standard InChI is InChI=1S/C16H24N2O2/c1-3-18(9-10-20-4-2)16(19)15-11-13-7-5-6-8-14(13)12-17-15/h5-8,15,17H,3-4,9-12H2,1-2H3/t15-/m1/s1. The summed E-state index contributed by atoms with van der Waals surface area (Å²) in [7, 11) is 0. The van der Waals surface area contributed by atoms with Crippen molar-refractivity contribution in [2.24, 2.45) is 0 Å². The second-order valence-corrected chi connectivity index (χ2v) is 5.02. The van der Waals surface area contributed by atoms with E-state index in [4.69, 9.17) is 4.74 Å². The molecule has 0 aliphatic carbocycles. The maximum atomic E-state index is 12.5. The van der Waals surface area contributed by atoms with Crippen LogP contribution in [0.4, 0.5) is 0 Å². The van der Waals surface area contributed by atoms with Crippen LogP contribution in [0.1, 0.15) is 25.0 Å². The molecule has 20 heavy (non-hydrogen) atoms. The largest absolute Gasteiger partial charge is 0.380 e. The highest BCUT2D eigenvalue weighted by Gasteiger charge is 2.26. The van der Waals surface area contributed by atoms with E-state index >= 15 is 0 Å². The lowest BCUT2D eigenvalue weighted by Gasteiger charge is -2.30. The molecule has 1 aromatic rings. The Bertz CT molecular complexity index is 448. The van der Waals surface area contributed by atoms with Crippen molar-refractivity contribution in [3.05, 3.63) is 35.4 Å². The fourth-order valence-corrected chi connectivity index (χ4v) is 2.59. The molecular weight excluding hydrogens is 252 g/mol. The van der Waals surface area contributed by atoms with Gasteiger partial charge in [-0.1, -0.05) is 24.3 Å². The van der Waals surface area contributed by atoms with Crippen LogP contribution in [0.5, 0.6) is 0 Å². The van der Waals surface area contributed by atoms with Crippen molar-refractivity contribution in [2.75, 3.05) is 26.3 Å². The molecule has 0 fully saturated rings. The monoisotopic (exact) mass is 276 g/mol. The summed E-state index contributed by atoms with van der Waals surface area (Å²) in [6, 6.07) is 8.22. The minimum absolute atomic E-state index is 0.105. The van der Waals surface area contributed by atoms with Gasteiger partial charge in [0.15, 0.2) is 0 Å². The quantitative estimate of drug-likeness (QED) is 0.802. The summed E-state index contributed by atoms with van der Waals surface area (Å²) in [4.78, 5) is 14.4. The zero-order chi connectivity index (χ0) is 14.4. The maximum Gasteiger partial charge on any atom is 0.240 e. The average Bonchev–Trinajstić information content (AvgIpc) is 2.50. The molecule has 0 bridgehead atoms. The molecule has 1 aromatic carbocycles. The van der Waals surface area contributed by atoms with Gasteiger partial charge < -0.3 is 15.0 Å². The third-order valence-corrected chi connectivity index (χ3v) is 3.78. The predicted molar refractivity (Wildman–Crippen MR) is 79.5 cm³/mol. The minimum Gasteiger partial charge on any atom is -0.380 e. The van der Waals surface area contributed by atoms with Crippen molar-refractivity contribution in [3.63, 3.8) is 0 Å². The molecule has 1 atom stereocenters. The SMILES string of the molecule is CCOCCN(CC)C(=O)[C@H]1Cc2ccccc2CN1. The van der Waals surface area contributed by atoms with Gasteiger partial charge in [0.1, 0.15) is 0 Å². The summed E-state index contributed by atoms with van der Waals surface area (Å²) in [6.45, 7) is 7.46. The first kappa shape index (κ1) is 15.0. The number of hydrogen-bond donors (Lipinski definition) is 1. The van der Waals surface area contributed by atoms with E-state index in [-0.39, 0.29) is 11.9 Å². The molecule has 0 aromatic heterocycles. The second kappa shape index (κ2) is 7.41. The summed E-state index contributed by atoms with van der Waals surface area (Å²) < 4.78 is 5.35. The third kappa shape index (κ3) is 3.58. The molecule has 1 aliphatic rings. The highest BCUT2D eigenvalue weighted by molar-refractivity contribution is 5.82. The Morgan fingerprint density at radius 3 is 2.80 bits per heavy atom. The molecule has 0 saturated heterocycles. The number of nitrogens with zero attached hydrogens (tertiary/aromatic N) is 1. The first-order valence-electron chi connectivity index (χ1n) is 7.43. The van der Waals surface area contributed by atoms with Gasteiger partial charge in [-0.05, 0) is 31.4 Å². The van der Waals surface area contributed by atoms with Crippen LogP contribution < -0.4 is 5.32 Å². The van der Waals surface area contributed by atoms with E-state index in [1.54, 1.807) is 0 Å². The van der Waals surface area contributed by atoms with Crippen molar-refractivity contribution in [1.82, 2.24) is 10.2 Å². The number of likely N-dealkylation sites (N-methyl/N-ethyl adjacent to an activating group) is 1. The van der Waals surface area contributed by atoms with Crippen molar-refractivity contribution in [3.8, 4) is 0 Å². The summed E-state index contributed by atoms with van der Waals surface area (Å²) in [5, 5.41) is 3.35. The Balaban J connectivity index is 1.95. The topological polar surface area (TPSA) is 41.6 Å². The number of ether oxygens (including phenoxy) is 1. The maximum absolute atomic E-state index is 12.5. The van der Waals surface area contributed by atoms with Crippen LogP contribution in [0.2, 0.25) is 0 Å². The second-order valence-electron chi connectivity index (χ2n) is 5.02. The van der Waals surface area contributed by atoms with Crippen LogP contribution in [0.15, 0.2) is 24.3 Å².